The highest BCUT2D eigenvalue weighted by Crippen LogP contribution is 2.40. The molecule has 12 heteroatoms. The van der Waals surface area contributed by atoms with E-state index in [0.717, 1.165) is 49.9 Å². The quantitative estimate of drug-likeness (QED) is 0.299. The van der Waals surface area contributed by atoms with Gasteiger partial charge in [0.25, 0.3) is 0 Å². The van der Waals surface area contributed by atoms with Crippen molar-refractivity contribution < 1.29 is 58.7 Å². The summed E-state index contributed by atoms with van der Waals surface area (Å²) in [6.45, 7) is 0. The Morgan fingerprint density at radius 2 is 0.786 bits per heavy atom. The van der Waals surface area contributed by atoms with Gasteiger partial charge in [0.15, 0.2) is 0 Å². The van der Waals surface area contributed by atoms with Crippen LogP contribution in [0.5, 0.6) is 0 Å². The summed E-state index contributed by atoms with van der Waals surface area (Å²) >= 11 is 0. The molecule has 0 radical (unpaired) electrons. The maximum absolute atomic E-state index is 12.6. The smallest absolute Gasteiger partial charge is 0.338 e. The average molecular weight is 583 g/mol. The normalized spacial score (nSPS) is 22.0. The monoisotopic (exact) mass is 582 g/mol. The highest BCUT2D eigenvalue weighted by molar-refractivity contribution is 6.04. The van der Waals surface area contributed by atoms with E-state index in [0.29, 0.717) is 37.5 Å². The van der Waals surface area contributed by atoms with Crippen molar-refractivity contribution in [3.63, 3.8) is 0 Å². The molecule has 0 unspecified atom stereocenters. The third-order valence-corrected chi connectivity index (χ3v) is 8.08. The molecule has 0 amide bonds. The zero-order valence-corrected chi connectivity index (χ0v) is 22.5. The minimum absolute atomic E-state index is 0.0237. The van der Waals surface area contributed by atoms with E-state index in [1.54, 1.807) is 0 Å². The summed E-state index contributed by atoms with van der Waals surface area (Å²) in [5.74, 6) is -6.29. The van der Waals surface area contributed by atoms with Crippen LogP contribution in [0.1, 0.15) is 114 Å². The lowest BCUT2D eigenvalue weighted by Crippen LogP contribution is -2.32. The van der Waals surface area contributed by atoms with Gasteiger partial charge < -0.3 is 29.9 Å². The molecule has 0 spiro atoms. The van der Waals surface area contributed by atoms with E-state index < -0.39 is 58.1 Å². The highest BCUT2D eigenvalue weighted by Gasteiger charge is 2.33. The van der Waals surface area contributed by atoms with E-state index in [1.807, 2.05) is 0 Å². The van der Waals surface area contributed by atoms with Crippen LogP contribution in [-0.4, -0.2) is 68.4 Å². The maximum atomic E-state index is 12.6. The number of hydrogen-bond donors (Lipinski definition) is 4. The van der Waals surface area contributed by atoms with Crippen LogP contribution >= 0.6 is 0 Å². The molecule has 12 nitrogen and oxygen atoms in total. The Labute approximate surface area is 239 Å². The van der Waals surface area contributed by atoms with Gasteiger partial charge >= 0.3 is 35.8 Å². The molecule has 2 saturated carbocycles. The summed E-state index contributed by atoms with van der Waals surface area (Å²) in [5.41, 5.74) is -1.84. The van der Waals surface area contributed by atoms with Crippen LogP contribution in [-0.2, 0) is 9.47 Å². The van der Waals surface area contributed by atoms with Gasteiger partial charge in [-0.1, -0.05) is 0 Å². The van der Waals surface area contributed by atoms with E-state index in [4.69, 9.17) is 19.7 Å². The number of aromatic carboxylic acids is 4. The first kappa shape index (κ1) is 30.2. The van der Waals surface area contributed by atoms with Gasteiger partial charge in [-0.05, 0) is 99.6 Å². The number of carbonyl (C=O) groups is 6. The zero-order chi connectivity index (χ0) is 30.6. The number of rotatable bonds is 9. The van der Waals surface area contributed by atoms with Gasteiger partial charge in [0, 0.05) is 0 Å². The minimum atomic E-state index is -1.45. The van der Waals surface area contributed by atoms with Gasteiger partial charge in [-0.2, -0.15) is 0 Å². The summed E-state index contributed by atoms with van der Waals surface area (Å²) in [5, 5.41) is 36.9. The molecule has 4 rings (SSSR count). The van der Waals surface area contributed by atoms with Gasteiger partial charge in [-0.3, -0.25) is 0 Å². The number of carboxylic acid groups (broad SMARTS) is 4. The van der Waals surface area contributed by atoms with Gasteiger partial charge in [0.2, 0.25) is 0 Å². The van der Waals surface area contributed by atoms with Gasteiger partial charge in [0.05, 0.1) is 33.4 Å². The molecule has 42 heavy (non-hydrogen) atoms. The van der Waals surface area contributed by atoms with Crippen molar-refractivity contribution in [3.05, 3.63) is 69.8 Å². The van der Waals surface area contributed by atoms with Crippen LogP contribution in [0.2, 0.25) is 0 Å². The first-order chi connectivity index (χ1) is 19.9. The molecule has 0 bridgehead atoms. The van der Waals surface area contributed by atoms with Gasteiger partial charge in [0.1, 0.15) is 12.2 Å². The van der Waals surface area contributed by atoms with Crippen LogP contribution in [0.4, 0.5) is 0 Å². The van der Waals surface area contributed by atoms with E-state index in [-0.39, 0.29) is 23.3 Å². The Hall–Kier alpha value is -4.74. The fourth-order valence-corrected chi connectivity index (χ4v) is 5.86. The lowest BCUT2D eigenvalue weighted by atomic mass is 9.72. The molecule has 0 saturated heterocycles. The van der Waals surface area contributed by atoms with Crippen molar-refractivity contribution in [3.8, 4) is 0 Å². The van der Waals surface area contributed by atoms with Crippen molar-refractivity contribution in [2.75, 3.05) is 0 Å². The van der Waals surface area contributed by atoms with E-state index in [2.05, 4.69) is 0 Å². The van der Waals surface area contributed by atoms with E-state index in [9.17, 15) is 39.0 Å². The predicted octanol–water partition coefficient (Wildman–Crippen LogP) is 4.61. The fraction of sp³-hybridized carbons (Fsp3) is 0.400. The summed E-state index contributed by atoms with van der Waals surface area (Å²) in [7, 11) is 0. The molecule has 2 aliphatic carbocycles. The molecule has 0 heterocycles. The van der Waals surface area contributed by atoms with Gasteiger partial charge in [-0.15, -0.1) is 0 Å². The lowest BCUT2D eigenvalue weighted by Gasteiger charge is -2.37. The standard InChI is InChI=1S/C30H30O12/c31-25(32)21-11-5-17(13-23(21)27(35)36)29(39)41-19-7-1-15(2-8-19)16-3-9-20(10-4-16)42-30(40)18-6-12-22(26(33)34)24(14-18)28(37)38/h5-6,11-16,19-20H,1-4,7-10H2,(H,31,32)(H,33,34)(H,35,36)(H,37,38). The zero-order valence-electron chi connectivity index (χ0n) is 22.5. The van der Waals surface area contributed by atoms with Crippen LogP contribution in [0.15, 0.2) is 36.4 Å². The van der Waals surface area contributed by atoms with Crippen LogP contribution in [0.3, 0.4) is 0 Å². The topological polar surface area (TPSA) is 202 Å². The second kappa shape index (κ2) is 12.8. The second-order valence-corrected chi connectivity index (χ2v) is 10.6. The average Bonchev–Trinajstić information content (AvgIpc) is 2.97. The van der Waals surface area contributed by atoms with Crippen LogP contribution < -0.4 is 0 Å². The molecule has 0 aliphatic heterocycles. The largest absolute Gasteiger partial charge is 0.478 e. The Balaban J connectivity index is 1.25. The molecule has 0 atom stereocenters. The Bertz CT molecular complexity index is 1300. The number of benzene rings is 2. The molecule has 4 N–H and O–H groups in total. The van der Waals surface area contributed by atoms with E-state index in [1.165, 1.54) is 12.1 Å². The fourth-order valence-electron chi connectivity index (χ4n) is 5.86. The summed E-state index contributed by atoms with van der Waals surface area (Å²) < 4.78 is 11.2. The SMILES string of the molecule is O=C(OC1CCC(C2CCC(OC(=O)c3ccc(C(=O)O)c(C(=O)O)c3)CC2)CC1)c1ccc(C(=O)O)c(C(=O)O)c1. The first-order valence-corrected chi connectivity index (χ1v) is 13.6. The Morgan fingerprint density at radius 1 is 0.476 bits per heavy atom. The lowest BCUT2D eigenvalue weighted by molar-refractivity contribution is -0.000165. The third kappa shape index (κ3) is 6.93. The number of ether oxygens (including phenoxy) is 2. The Morgan fingerprint density at radius 3 is 1.07 bits per heavy atom. The van der Waals surface area contributed by atoms with Crippen molar-refractivity contribution in [1.29, 1.82) is 0 Å². The third-order valence-electron chi connectivity index (χ3n) is 8.08. The van der Waals surface area contributed by atoms with Crippen molar-refractivity contribution >= 4 is 35.8 Å². The van der Waals surface area contributed by atoms with Crippen molar-refractivity contribution in [1.82, 2.24) is 0 Å². The van der Waals surface area contributed by atoms with Crippen LogP contribution in [0, 0.1) is 11.8 Å². The summed E-state index contributed by atoms with van der Waals surface area (Å²) in [4.78, 5) is 70.5. The summed E-state index contributed by atoms with van der Waals surface area (Å²) in [6, 6.07) is 6.67. The second-order valence-electron chi connectivity index (χ2n) is 10.6. The molecular formula is C30H30O12. The number of hydrogen-bond acceptors (Lipinski definition) is 8. The minimum Gasteiger partial charge on any atom is -0.478 e. The number of esters is 2. The first-order valence-electron chi connectivity index (χ1n) is 13.6. The predicted molar refractivity (Wildman–Crippen MR) is 143 cm³/mol. The number of carbonyl (C=O) groups excluding carboxylic acids is 2. The van der Waals surface area contributed by atoms with Crippen molar-refractivity contribution in [2.24, 2.45) is 11.8 Å². The highest BCUT2D eigenvalue weighted by atomic mass is 16.5. The molecule has 2 fully saturated rings. The van der Waals surface area contributed by atoms with Crippen molar-refractivity contribution in [2.45, 2.75) is 63.6 Å². The number of carboxylic acids is 4. The molecule has 2 aliphatic rings. The summed E-state index contributed by atoms with van der Waals surface area (Å²) in [6.07, 6.45) is 5.23. The molecule has 2 aromatic carbocycles. The maximum Gasteiger partial charge on any atom is 0.338 e. The van der Waals surface area contributed by atoms with E-state index >= 15 is 0 Å². The molecular weight excluding hydrogens is 552 g/mol. The van der Waals surface area contributed by atoms with Gasteiger partial charge in [-0.25, -0.2) is 28.8 Å². The molecule has 0 aromatic heterocycles. The van der Waals surface area contributed by atoms with Crippen LogP contribution in [0.25, 0.3) is 0 Å². The Kier molecular flexibility index (Phi) is 9.24. The molecule has 222 valence electrons. The molecule has 2 aromatic rings.